The molecule has 3 heteroatoms. The van der Waals surface area contributed by atoms with Crippen molar-refractivity contribution in [3.05, 3.63) is 29.1 Å². The van der Waals surface area contributed by atoms with Gasteiger partial charge < -0.3 is 0 Å². The van der Waals surface area contributed by atoms with Crippen molar-refractivity contribution in [2.24, 2.45) is 11.8 Å². The third-order valence-corrected chi connectivity index (χ3v) is 2.82. The Morgan fingerprint density at radius 2 is 2.21 bits per heavy atom. The number of nitrogens with zero attached hydrogens (tertiary/aromatic N) is 1. The van der Waals surface area contributed by atoms with E-state index in [2.05, 4.69) is 30.3 Å². The van der Waals surface area contributed by atoms with Crippen LogP contribution in [0.15, 0.2) is 12.3 Å². The average molecular weight is 191 g/mol. The lowest BCUT2D eigenvalue weighted by Crippen LogP contribution is -2.30. The van der Waals surface area contributed by atoms with Crippen molar-refractivity contribution in [1.82, 2.24) is 10.4 Å². The van der Waals surface area contributed by atoms with Crippen LogP contribution in [0.25, 0.3) is 0 Å². The molecule has 1 aromatic heterocycles. The van der Waals surface area contributed by atoms with Crippen molar-refractivity contribution in [2.45, 2.75) is 32.7 Å². The summed E-state index contributed by atoms with van der Waals surface area (Å²) in [7, 11) is 0. The van der Waals surface area contributed by atoms with E-state index in [1.165, 1.54) is 24.0 Å². The number of rotatable bonds is 3. The predicted molar refractivity (Wildman–Crippen MR) is 56.5 cm³/mol. The van der Waals surface area contributed by atoms with Gasteiger partial charge in [0, 0.05) is 6.20 Å². The Balaban J connectivity index is 2.29. The lowest BCUT2D eigenvalue weighted by atomic mass is 10.0. The molecule has 1 unspecified atom stereocenters. The standard InChI is InChI=1S/C11H17N3/c1-7-5-8(2)10(13-6-7)11(14-12)9-3-4-9/h5-6,9,11,14H,3-4,12H2,1-2H3. The lowest BCUT2D eigenvalue weighted by Gasteiger charge is -2.16. The molecule has 0 radical (unpaired) electrons. The van der Waals surface area contributed by atoms with Crippen LogP contribution in [0.3, 0.4) is 0 Å². The van der Waals surface area contributed by atoms with Crippen molar-refractivity contribution in [3.63, 3.8) is 0 Å². The molecule has 14 heavy (non-hydrogen) atoms. The van der Waals surface area contributed by atoms with E-state index in [1.807, 2.05) is 6.20 Å². The summed E-state index contributed by atoms with van der Waals surface area (Å²) >= 11 is 0. The van der Waals surface area contributed by atoms with Crippen LogP contribution in [0.1, 0.15) is 35.7 Å². The van der Waals surface area contributed by atoms with E-state index in [0.717, 1.165) is 5.69 Å². The van der Waals surface area contributed by atoms with Gasteiger partial charge in [-0.25, -0.2) is 0 Å². The number of aryl methyl sites for hydroxylation is 2. The first-order valence-corrected chi connectivity index (χ1v) is 5.11. The van der Waals surface area contributed by atoms with Crippen LogP contribution in [0.2, 0.25) is 0 Å². The van der Waals surface area contributed by atoms with Gasteiger partial charge >= 0.3 is 0 Å². The molecule has 1 fully saturated rings. The highest BCUT2D eigenvalue weighted by atomic mass is 15.2. The maximum Gasteiger partial charge on any atom is 0.0662 e. The van der Waals surface area contributed by atoms with Gasteiger partial charge in [0.15, 0.2) is 0 Å². The van der Waals surface area contributed by atoms with Crippen LogP contribution in [-0.4, -0.2) is 4.98 Å². The molecule has 0 bridgehead atoms. The summed E-state index contributed by atoms with van der Waals surface area (Å²) in [5.41, 5.74) is 6.43. The van der Waals surface area contributed by atoms with Crippen molar-refractivity contribution in [2.75, 3.05) is 0 Å². The first-order valence-electron chi connectivity index (χ1n) is 5.11. The van der Waals surface area contributed by atoms with Gasteiger partial charge in [-0.15, -0.1) is 0 Å². The minimum atomic E-state index is 0.246. The average Bonchev–Trinajstić information content (AvgIpc) is 2.93. The third-order valence-electron chi connectivity index (χ3n) is 2.82. The van der Waals surface area contributed by atoms with E-state index in [-0.39, 0.29) is 6.04 Å². The molecule has 1 heterocycles. The first-order chi connectivity index (χ1) is 6.72. The van der Waals surface area contributed by atoms with Crippen LogP contribution in [-0.2, 0) is 0 Å². The van der Waals surface area contributed by atoms with E-state index in [0.29, 0.717) is 5.92 Å². The summed E-state index contributed by atoms with van der Waals surface area (Å²) < 4.78 is 0. The second-order valence-corrected chi connectivity index (χ2v) is 4.20. The largest absolute Gasteiger partial charge is 0.271 e. The molecule has 0 aliphatic heterocycles. The SMILES string of the molecule is Cc1cnc(C(NN)C2CC2)c(C)c1. The predicted octanol–water partition coefficient (Wildman–Crippen LogP) is 1.61. The van der Waals surface area contributed by atoms with E-state index in [1.54, 1.807) is 0 Å². The topological polar surface area (TPSA) is 50.9 Å². The van der Waals surface area contributed by atoms with Gasteiger partial charge in [-0.05, 0) is 43.7 Å². The van der Waals surface area contributed by atoms with E-state index < -0.39 is 0 Å². The number of hydrazine groups is 1. The molecule has 3 nitrogen and oxygen atoms in total. The Kier molecular flexibility index (Phi) is 2.52. The lowest BCUT2D eigenvalue weighted by molar-refractivity contribution is 0.482. The molecule has 0 aromatic carbocycles. The van der Waals surface area contributed by atoms with Crippen LogP contribution >= 0.6 is 0 Å². The van der Waals surface area contributed by atoms with Crippen LogP contribution in [0, 0.1) is 19.8 Å². The van der Waals surface area contributed by atoms with Gasteiger partial charge in [0.1, 0.15) is 0 Å². The molecule has 2 rings (SSSR count). The van der Waals surface area contributed by atoms with Gasteiger partial charge in [0.2, 0.25) is 0 Å². The summed E-state index contributed by atoms with van der Waals surface area (Å²) in [6.45, 7) is 4.16. The Morgan fingerprint density at radius 1 is 1.50 bits per heavy atom. The molecule has 1 aliphatic rings. The van der Waals surface area contributed by atoms with E-state index in [4.69, 9.17) is 5.84 Å². The number of nitrogens with one attached hydrogen (secondary N) is 1. The van der Waals surface area contributed by atoms with Crippen molar-refractivity contribution >= 4 is 0 Å². The van der Waals surface area contributed by atoms with Gasteiger partial charge in [-0.3, -0.25) is 16.3 Å². The third kappa shape index (κ3) is 1.79. The summed E-state index contributed by atoms with van der Waals surface area (Å²) in [5.74, 6) is 6.25. The molecule has 1 saturated carbocycles. The molecular formula is C11H17N3. The molecule has 1 aromatic rings. The summed E-state index contributed by atoms with van der Waals surface area (Å²) in [4.78, 5) is 4.47. The maximum atomic E-state index is 5.56. The Morgan fingerprint density at radius 3 is 2.71 bits per heavy atom. The summed E-state index contributed by atoms with van der Waals surface area (Å²) in [6.07, 6.45) is 4.45. The molecule has 1 atom stereocenters. The van der Waals surface area contributed by atoms with E-state index >= 15 is 0 Å². The highest BCUT2D eigenvalue weighted by Gasteiger charge is 2.33. The molecular weight excluding hydrogens is 174 g/mol. The minimum absolute atomic E-state index is 0.246. The second-order valence-electron chi connectivity index (χ2n) is 4.20. The molecule has 3 N–H and O–H groups in total. The Bertz CT molecular complexity index is 331. The van der Waals surface area contributed by atoms with Crippen molar-refractivity contribution in [3.8, 4) is 0 Å². The van der Waals surface area contributed by atoms with Crippen molar-refractivity contribution < 1.29 is 0 Å². The quantitative estimate of drug-likeness (QED) is 0.563. The normalized spacial score (nSPS) is 18.2. The highest BCUT2D eigenvalue weighted by Crippen LogP contribution is 2.40. The van der Waals surface area contributed by atoms with E-state index in [9.17, 15) is 0 Å². The zero-order chi connectivity index (χ0) is 10.1. The van der Waals surface area contributed by atoms with Gasteiger partial charge in [0.25, 0.3) is 0 Å². The Hall–Kier alpha value is -0.930. The molecule has 1 aliphatic carbocycles. The summed E-state index contributed by atoms with van der Waals surface area (Å²) in [6, 6.07) is 2.41. The number of pyridine rings is 1. The smallest absolute Gasteiger partial charge is 0.0662 e. The fourth-order valence-corrected chi connectivity index (χ4v) is 1.92. The van der Waals surface area contributed by atoms with Gasteiger partial charge in [-0.1, -0.05) is 6.07 Å². The van der Waals surface area contributed by atoms with Crippen LogP contribution < -0.4 is 11.3 Å². The molecule has 0 saturated heterocycles. The zero-order valence-corrected chi connectivity index (χ0v) is 8.75. The maximum absolute atomic E-state index is 5.56. The number of aromatic nitrogens is 1. The molecule has 0 spiro atoms. The van der Waals surface area contributed by atoms with Crippen LogP contribution in [0.5, 0.6) is 0 Å². The van der Waals surface area contributed by atoms with Gasteiger partial charge in [-0.2, -0.15) is 0 Å². The Labute approximate surface area is 84.7 Å². The second kappa shape index (κ2) is 3.67. The summed E-state index contributed by atoms with van der Waals surface area (Å²) in [5, 5.41) is 0. The molecule has 76 valence electrons. The number of hydrogen-bond donors (Lipinski definition) is 2. The van der Waals surface area contributed by atoms with Gasteiger partial charge in [0.05, 0.1) is 11.7 Å². The highest BCUT2D eigenvalue weighted by molar-refractivity contribution is 5.26. The number of hydrogen-bond acceptors (Lipinski definition) is 3. The zero-order valence-electron chi connectivity index (χ0n) is 8.75. The minimum Gasteiger partial charge on any atom is -0.271 e. The molecule has 0 amide bonds. The van der Waals surface area contributed by atoms with Crippen LogP contribution in [0.4, 0.5) is 0 Å². The number of nitrogens with two attached hydrogens (primary N) is 1. The first kappa shape index (κ1) is 9.62. The monoisotopic (exact) mass is 191 g/mol. The fourth-order valence-electron chi connectivity index (χ4n) is 1.92. The van der Waals surface area contributed by atoms with Crippen molar-refractivity contribution in [1.29, 1.82) is 0 Å². The fraction of sp³-hybridized carbons (Fsp3) is 0.545.